The van der Waals surface area contributed by atoms with Crippen LogP contribution in [0.4, 0.5) is 16.2 Å². The summed E-state index contributed by atoms with van der Waals surface area (Å²) in [5.74, 6) is 0.585. The van der Waals surface area contributed by atoms with Crippen LogP contribution in [0.2, 0.25) is 0 Å². The van der Waals surface area contributed by atoms with Gasteiger partial charge in [0.2, 0.25) is 5.91 Å². The summed E-state index contributed by atoms with van der Waals surface area (Å²) in [6.45, 7) is 6.30. The highest BCUT2D eigenvalue weighted by Crippen LogP contribution is 2.34. The number of anilines is 2. The molecule has 0 aromatic heterocycles. The van der Waals surface area contributed by atoms with Gasteiger partial charge in [-0.3, -0.25) is 4.79 Å². The Kier molecular flexibility index (Phi) is 4.12. The second kappa shape index (κ2) is 5.81. The van der Waals surface area contributed by atoms with Crippen molar-refractivity contribution in [3.63, 3.8) is 0 Å². The molecule has 2 N–H and O–H groups in total. The van der Waals surface area contributed by atoms with E-state index in [9.17, 15) is 9.59 Å². The standard InChI is InChI=1S/C14H19N3O3/c1-9(2)15-14(19)16-11-4-5-12-13(8-11)20-7-6-17(12)10(3)18/h4-5,8-9H,6-7H2,1-3H3,(H2,15,16,19). The van der Waals surface area contributed by atoms with Crippen molar-refractivity contribution in [3.8, 4) is 5.75 Å². The molecule has 0 fully saturated rings. The van der Waals surface area contributed by atoms with Crippen LogP contribution in [0.3, 0.4) is 0 Å². The maximum atomic E-state index is 11.6. The summed E-state index contributed by atoms with van der Waals surface area (Å²) in [4.78, 5) is 24.8. The molecule has 0 atom stereocenters. The summed E-state index contributed by atoms with van der Waals surface area (Å²) >= 11 is 0. The molecule has 0 saturated carbocycles. The Balaban J connectivity index is 2.15. The van der Waals surface area contributed by atoms with Crippen LogP contribution in [0.15, 0.2) is 18.2 Å². The minimum atomic E-state index is -0.265. The van der Waals surface area contributed by atoms with Gasteiger partial charge in [-0.05, 0) is 26.0 Å². The van der Waals surface area contributed by atoms with Crippen LogP contribution in [-0.2, 0) is 4.79 Å². The molecule has 1 aliphatic heterocycles. The molecule has 0 radical (unpaired) electrons. The second-order valence-corrected chi connectivity index (χ2v) is 4.95. The lowest BCUT2D eigenvalue weighted by atomic mass is 10.2. The lowest BCUT2D eigenvalue weighted by Gasteiger charge is -2.29. The Morgan fingerprint density at radius 1 is 1.35 bits per heavy atom. The van der Waals surface area contributed by atoms with Gasteiger partial charge in [0.25, 0.3) is 0 Å². The third-order valence-corrected chi connectivity index (χ3v) is 2.88. The van der Waals surface area contributed by atoms with Crippen molar-refractivity contribution in [2.24, 2.45) is 0 Å². The van der Waals surface area contributed by atoms with E-state index in [1.807, 2.05) is 13.8 Å². The lowest BCUT2D eigenvalue weighted by Crippen LogP contribution is -2.36. The fourth-order valence-corrected chi connectivity index (χ4v) is 2.05. The summed E-state index contributed by atoms with van der Waals surface area (Å²) in [5, 5.41) is 5.48. The minimum absolute atomic E-state index is 0.0205. The molecule has 2 rings (SSSR count). The largest absolute Gasteiger partial charge is 0.489 e. The van der Waals surface area contributed by atoms with Crippen LogP contribution < -0.4 is 20.3 Å². The molecule has 0 aliphatic carbocycles. The number of carbonyl (C=O) groups is 2. The predicted molar refractivity (Wildman–Crippen MR) is 77.3 cm³/mol. The summed E-state index contributed by atoms with van der Waals surface area (Å²) in [6.07, 6.45) is 0. The SMILES string of the molecule is CC(=O)N1CCOc2cc(NC(=O)NC(C)C)ccc21. The Morgan fingerprint density at radius 3 is 2.75 bits per heavy atom. The third kappa shape index (κ3) is 3.20. The number of benzene rings is 1. The van der Waals surface area contributed by atoms with E-state index in [4.69, 9.17) is 4.74 Å². The Labute approximate surface area is 118 Å². The molecular weight excluding hydrogens is 258 g/mol. The molecule has 1 aromatic carbocycles. The van der Waals surface area contributed by atoms with Gasteiger partial charge in [-0.15, -0.1) is 0 Å². The first kappa shape index (κ1) is 14.2. The molecule has 20 heavy (non-hydrogen) atoms. The van der Waals surface area contributed by atoms with Crippen molar-refractivity contribution in [1.82, 2.24) is 5.32 Å². The number of amides is 3. The van der Waals surface area contributed by atoms with Crippen molar-refractivity contribution < 1.29 is 14.3 Å². The molecule has 0 unspecified atom stereocenters. The van der Waals surface area contributed by atoms with Crippen LogP contribution in [0, 0.1) is 0 Å². The van der Waals surface area contributed by atoms with Crippen molar-refractivity contribution in [2.45, 2.75) is 26.8 Å². The van der Waals surface area contributed by atoms with Crippen LogP contribution in [0.1, 0.15) is 20.8 Å². The number of urea groups is 1. The van der Waals surface area contributed by atoms with Crippen LogP contribution >= 0.6 is 0 Å². The van der Waals surface area contributed by atoms with Gasteiger partial charge >= 0.3 is 6.03 Å². The van der Waals surface area contributed by atoms with E-state index in [1.165, 1.54) is 6.92 Å². The van der Waals surface area contributed by atoms with Gasteiger partial charge in [-0.2, -0.15) is 0 Å². The van der Waals surface area contributed by atoms with Gasteiger partial charge in [-0.1, -0.05) is 0 Å². The number of rotatable bonds is 2. The fourth-order valence-electron chi connectivity index (χ4n) is 2.05. The minimum Gasteiger partial charge on any atom is -0.489 e. The van der Waals surface area contributed by atoms with Gasteiger partial charge in [0.15, 0.2) is 0 Å². The summed E-state index contributed by atoms with van der Waals surface area (Å²) < 4.78 is 5.54. The van der Waals surface area contributed by atoms with Crippen LogP contribution in [0.25, 0.3) is 0 Å². The van der Waals surface area contributed by atoms with E-state index >= 15 is 0 Å². The highest BCUT2D eigenvalue weighted by molar-refractivity contribution is 5.95. The molecule has 1 heterocycles. The zero-order valence-corrected chi connectivity index (χ0v) is 11.9. The number of nitrogens with one attached hydrogen (secondary N) is 2. The molecule has 0 bridgehead atoms. The first-order chi connectivity index (χ1) is 9.47. The maximum absolute atomic E-state index is 11.6. The van der Waals surface area contributed by atoms with E-state index in [-0.39, 0.29) is 18.0 Å². The molecule has 3 amide bonds. The Hall–Kier alpha value is -2.24. The smallest absolute Gasteiger partial charge is 0.319 e. The van der Waals surface area contributed by atoms with E-state index in [2.05, 4.69) is 10.6 Å². The normalized spacial score (nSPS) is 13.5. The summed E-state index contributed by atoms with van der Waals surface area (Å²) in [7, 11) is 0. The summed E-state index contributed by atoms with van der Waals surface area (Å²) in [6, 6.07) is 5.06. The first-order valence-corrected chi connectivity index (χ1v) is 6.60. The third-order valence-electron chi connectivity index (χ3n) is 2.88. The molecule has 0 spiro atoms. The molecule has 108 valence electrons. The predicted octanol–water partition coefficient (Wildman–Crippen LogP) is 1.96. The van der Waals surface area contributed by atoms with Crippen molar-refractivity contribution in [3.05, 3.63) is 18.2 Å². The Bertz CT molecular complexity index is 528. The Morgan fingerprint density at radius 2 is 2.10 bits per heavy atom. The number of carbonyl (C=O) groups excluding carboxylic acids is 2. The van der Waals surface area contributed by atoms with E-state index < -0.39 is 0 Å². The number of ether oxygens (including phenoxy) is 1. The number of fused-ring (bicyclic) bond motifs is 1. The zero-order chi connectivity index (χ0) is 14.7. The van der Waals surface area contributed by atoms with Crippen molar-refractivity contribution in [1.29, 1.82) is 0 Å². The first-order valence-electron chi connectivity index (χ1n) is 6.60. The number of hydrogen-bond acceptors (Lipinski definition) is 3. The monoisotopic (exact) mass is 277 g/mol. The zero-order valence-electron chi connectivity index (χ0n) is 11.9. The fraction of sp³-hybridized carbons (Fsp3) is 0.429. The maximum Gasteiger partial charge on any atom is 0.319 e. The molecular formula is C14H19N3O3. The topological polar surface area (TPSA) is 70.7 Å². The lowest BCUT2D eigenvalue weighted by molar-refractivity contribution is -0.116. The highest BCUT2D eigenvalue weighted by atomic mass is 16.5. The molecule has 6 nitrogen and oxygen atoms in total. The van der Waals surface area contributed by atoms with Gasteiger partial charge in [0.1, 0.15) is 12.4 Å². The van der Waals surface area contributed by atoms with Crippen LogP contribution in [0.5, 0.6) is 5.75 Å². The highest BCUT2D eigenvalue weighted by Gasteiger charge is 2.21. The van der Waals surface area contributed by atoms with Crippen molar-refractivity contribution >= 4 is 23.3 Å². The van der Waals surface area contributed by atoms with E-state index in [0.29, 0.717) is 24.6 Å². The van der Waals surface area contributed by atoms with Gasteiger partial charge in [0, 0.05) is 24.7 Å². The van der Waals surface area contributed by atoms with Crippen LogP contribution in [-0.4, -0.2) is 31.1 Å². The molecule has 0 saturated heterocycles. The second-order valence-electron chi connectivity index (χ2n) is 4.95. The average Bonchev–Trinajstić information content (AvgIpc) is 2.36. The van der Waals surface area contributed by atoms with E-state index in [1.54, 1.807) is 23.1 Å². The summed E-state index contributed by atoms with van der Waals surface area (Å²) in [5.41, 5.74) is 1.37. The number of nitrogens with zero attached hydrogens (tertiary/aromatic N) is 1. The number of hydrogen-bond donors (Lipinski definition) is 2. The van der Waals surface area contributed by atoms with Gasteiger partial charge in [-0.25, -0.2) is 4.79 Å². The average molecular weight is 277 g/mol. The molecule has 1 aromatic rings. The molecule has 1 aliphatic rings. The van der Waals surface area contributed by atoms with Gasteiger partial charge in [0.05, 0.1) is 12.2 Å². The van der Waals surface area contributed by atoms with Crippen molar-refractivity contribution in [2.75, 3.05) is 23.4 Å². The molecule has 6 heteroatoms. The van der Waals surface area contributed by atoms with Gasteiger partial charge < -0.3 is 20.3 Å². The quantitative estimate of drug-likeness (QED) is 0.868. The van der Waals surface area contributed by atoms with E-state index in [0.717, 1.165) is 5.69 Å².